The quantitative estimate of drug-likeness (QED) is 0.534. The van der Waals surface area contributed by atoms with Crippen molar-refractivity contribution in [1.82, 2.24) is 9.97 Å². The molecule has 1 aliphatic rings. The minimum Gasteiger partial charge on any atom is -0.382 e. The third kappa shape index (κ3) is 2.77. The lowest BCUT2D eigenvalue weighted by Gasteiger charge is -2.27. The predicted octanol–water partition coefficient (Wildman–Crippen LogP) is 4.81. The molecule has 0 amide bonds. The van der Waals surface area contributed by atoms with E-state index in [1.165, 1.54) is 5.56 Å². The molecule has 0 spiro atoms. The van der Waals surface area contributed by atoms with Crippen molar-refractivity contribution in [2.75, 3.05) is 11.1 Å². The standard InChI is InChI=1S/C23H19N5/c1-14-10-12-15(13-11-14)20-21(26-17-7-3-2-6-16(17)25-20)22-23(24)28-19-9-5-4-8-18(19)27-22/h2-13,20,25H,1H3,(H2,24,28). The lowest BCUT2D eigenvalue weighted by Crippen LogP contribution is -2.27. The normalized spacial score (nSPS) is 15.6. The molecule has 0 bridgehead atoms. The van der Waals surface area contributed by atoms with E-state index in [1.54, 1.807) is 0 Å². The van der Waals surface area contributed by atoms with Crippen LogP contribution in [0.2, 0.25) is 0 Å². The third-order valence-electron chi connectivity index (χ3n) is 4.97. The van der Waals surface area contributed by atoms with E-state index in [-0.39, 0.29) is 6.04 Å². The Morgan fingerprint density at radius 2 is 1.50 bits per heavy atom. The number of hydrogen-bond acceptors (Lipinski definition) is 5. The summed E-state index contributed by atoms with van der Waals surface area (Å²) >= 11 is 0. The van der Waals surface area contributed by atoms with Crippen LogP contribution in [0.1, 0.15) is 22.9 Å². The number of fused-ring (bicyclic) bond motifs is 2. The second-order valence-corrected chi connectivity index (χ2v) is 6.95. The number of para-hydroxylation sites is 4. The summed E-state index contributed by atoms with van der Waals surface area (Å²) in [6.07, 6.45) is 0. The SMILES string of the molecule is Cc1ccc(C2Nc3ccccc3N=C2c2nc3ccccc3nc2N)cc1. The Morgan fingerprint density at radius 3 is 2.29 bits per heavy atom. The summed E-state index contributed by atoms with van der Waals surface area (Å²) in [6, 6.07) is 24.0. The summed E-state index contributed by atoms with van der Waals surface area (Å²) in [7, 11) is 0. The highest BCUT2D eigenvalue weighted by molar-refractivity contribution is 6.11. The van der Waals surface area contributed by atoms with Gasteiger partial charge < -0.3 is 11.1 Å². The van der Waals surface area contributed by atoms with Gasteiger partial charge in [0.15, 0.2) is 5.82 Å². The van der Waals surface area contributed by atoms with E-state index in [0.717, 1.165) is 33.7 Å². The maximum Gasteiger partial charge on any atom is 0.152 e. The van der Waals surface area contributed by atoms with E-state index >= 15 is 0 Å². The van der Waals surface area contributed by atoms with Gasteiger partial charge >= 0.3 is 0 Å². The van der Waals surface area contributed by atoms with E-state index in [9.17, 15) is 0 Å². The highest BCUT2D eigenvalue weighted by atomic mass is 15.0. The zero-order chi connectivity index (χ0) is 19.1. The molecule has 5 nitrogen and oxygen atoms in total. The zero-order valence-corrected chi connectivity index (χ0v) is 15.4. The summed E-state index contributed by atoms with van der Waals surface area (Å²) < 4.78 is 0. The number of rotatable bonds is 2. The Bertz CT molecular complexity index is 1210. The topological polar surface area (TPSA) is 76.2 Å². The molecule has 0 aliphatic carbocycles. The summed E-state index contributed by atoms with van der Waals surface area (Å²) in [5, 5.41) is 3.60. The minimum absolute atomic E-state index is 0.159. The number of nitrogen functional groups attached to an aromatic ring is 1. The van der Waals surface area contributed by atoms with Crippen LogP contribution in [0, 0.1) is 6.92 Å². The number of aromatic nitrogens is 2. The molecule has 0 fully saturated rings. The molecule has 28 heavy (non-hydrogen) atoms. The van der Waals surface area contributed by atoms with Crippen LogP contribution in [0.15, 0.2) is 77.8 Å². The fraction of sp³-hybridized carbons (Fsp3) is 0.0870. The van der Waals surface area contributed by atoms with E-state index in [0.29, 0.717) is 11.5 Å². The minimum atomic E-state index is -0.159. The van der Waals surface area contributed by atoms with Gasteiger partial charge in [-0.2, -0.15) is 0 Å². The van der Waals surface area contributed by atoms with E-state index in [2.05, 4.69) is 41.5 Å². The Morgan fingerprint density at radius 1 is 0.821 bits per heavy atom. The van der Waals surface area contributed by atoms with Crippen molar-refractivity contribution in [3.05, 3.63) is 89.6 Å². The number of benzene rings is 3. The van der Waals surface area contributed by atoms with Gasteiger partial charge in [0.2, 0.25) is 0 Å². The molecule has 0 saturated heterocycles. The molecule has 1 aromatic heterocycles. The fourth-order valence-electron chi connectivity index (χ4n) is 3.50. The Balaban J connectivity index is 1.72. The first kappa shape index (κ1) is 16.4. The molecule has 0 radical (unpaired) electrons. The average Bonchev–Trinajstić information content (AvgIpc) is 2.73. The zero-order valence-electron chi connectivity index (χ0n) is 15.4. The summed E-state index contributed by atoms with van der Waals surface area (Å²) in [5.41, 5.74) is 13.5. The molecule has 0 saturated carbocycles. The van der Waals surface area contributed by atoms with Gasteiger partial charge in [-0.3, -0.25) is 0 Å². The molecule has 2 heterocycles. The molecule has 1 atom stereocenters. The van der Waals surface area contributed by atoms with Crippen molar-refractivity contribution in [2.45, 2.75) is 13.0 Å². The van der Waals surface area contributed by atoms with Gasteiger partial charge in [-0.05, 0) is 36.8 Å². The van der Waals surface area contributed by atoms with Gasteiger partial charge in [0.05, 0.1) is 34.2 Å². The van der Waals surface area contributed by atoms with Crippen molar-refractivity contribution < 1.29 is 0 Å². The maximum absolute atomic E-state index is 6.32. The summed E-state index contributed by atoms with van der Waals surface area (Å²) in [6.45, 7) is 2.08. The lowest BCUT2D eigenvalue weighted by molar-refractivity contribution is 1.00. The van der Waals surface area contributed by atoms with Crippen LogP contribution in [0.5, 0.6) is 0 Å². The number of nitrogens with two attached hydrogens (primary N) is 1. The molecule has 1 unspecified atom stereocenters. The van der Waals surface area contributed by atoms with Gasteiger partial charge in [-0.25, -0.2) is 15.0 Å². The van der Waals surface area contributed by atoms with Crippen LogP contribution in [0.3, 0.4) is 0 Å². The second kappa shape index (κ2) is 6.46. The van der Waals surface area contributed by atoms with E-state index in [1.807, 2.05) is 48.5 Å². The first-order chi connectivity index (χ1) is 13.7. The summed E-state index contributed by atoms with van der Waals surface area (Å²) in [5.74, 6) is 0.385. The third-order valence-corrected chi connectivity index (χ3v) is 4.97. The Hall–Kier alpha value is -3.73. The van der Waals surface area contributed by atoms with Gasteiger partial charge in [0.25, 0.3) is 0 Å². The molecular formula is C23H19N5. The van der Waals surface area contributed by atoms with Crippen LogP contribution in [-0.2, 0) is 0 Å². The average molecular weight is 365 g/mol. The van der Waals surface area contributed by atoms with E-state index < -0.39 is 0 Å². The monoisotopic (exact) mass is 365 g/mol. The molecular weight excluding hydrogens is 346 g/mol. The Labute approximate surface area is 163 Å². The molecule has 3 N–H and O–H groups in total. The second-order valence-electron chi connectivity index (χ2n) is 6.95. The first-order valence-electron chi connectivity index (χ1n) is 9.22. The van der Waals surface area contributed by atoms with Crippen molar-refractivity contribution in [3.8, 4) is 0 Å². The molecule has 3 aromatic carbocycles. The summed E-state index contributed by atoms with van der Waals surface area (Å²) in [4.78, 5) is 14.3. The van der Waals surface area contributed by atoms with Gasteiger partial charge in [-0.15, -0.1) is 0 Å². The van der Waals surface area contributed by atoms with Gasteiger partial charge in [-0.1, -0.05) is 54.1 Å². The van der Waals surface area contributed by atoms with Crippen molar-refractivity contribution in [1.29, 1.82) is 0 Å². The fourth-order valence-corrected chi connectivity index (χ4v) is 3.50. The molecule has 136 valence electrons. The molecule has 5 heteroatoms. The Kier molecular flexibility index (Phi) is 3.79. The van der Waals surface area contributed by atoms with Gasteiger partial charge in [0, 0.05) is 0 Å². The molecule has 5 rings (SSSR count). The molecule has 4 aromatic rings. The van der Waals surface area contributed by atoms with Crippen LogP contribution in [0.4, 0.5) is 17.2 Å². The van der Waals surface area contributed by atoms with Gasteiger partial charge in [0.1, 0.15) is 5.69 Å². The maximum atomic E-state index is 6.32. The largest absolute Gasteiger partial charge is 0.382 e. The predicted molar refractivity (Wildman–Crippen MR) is 114 cm³/mol. The van der Waals surface area contributed by atoms with Crippen molar-refractivity contribution in [2.24, 2.45) is 4.99 Å². The van der Waals surface area contributed by atoms with Crippen LogP contribution < -0.4 is 11.1 Å². The van der Waals surface area contributed by atoms with Crippen LogP contribution in [0.25, 0.3) is 11.0 Å². The van der Waals surface area contributed by atoms with Crippen LogP contribution >= 0.6 is 0 Å². The highest BCUT2D eigenvalue weighted by Gasteiger charge is 2.28. The highest BCUT2D eigenvalue weighted by Crippen LogP contribution is 2.37. The number of hydrogen-bond donors (Lipinski definition) is 2. The number of aliphatic imine (C=N–C) groups is 1. The first-order valence-corrected chi connectivity index (χ1v) is 9.22. The van der Waals surface area contributed by atoms with E-state index in [4.69, 9.17) is 15.7 Å². The number of nitrogens with one attached hydrogen (secondary N) is 1. The number of anilines is 2. The lowest BCUT2D eigenvalue weighted by atomic mass is 9.96. The smallest absolute Gasteiger partial charge is 0.152 e. The molecule has 1 aliphatic heterocycles. The number of aryl methyl sites for hydroxylation is 1. The number of nitrogens with zero attached hydrogens (tertiary/aromatic N) is 3. The van der Waals surface area contributed by atoms with Crippen molar-refractivity contribution >= 4 is 33.9 Å². The van der Waals surface area contributed by atoms with Crippen molar-refractivity contribution in [3.63, 3.8) is 0 Å². The van der Waals surface area contributed by atoms with Crippen LogP contribution in [-0.4, -0.2) is 15.7 Å².